The number of para-hydroxylation sites is 2. The van der Waals surface area contributed by atoms with E-state index in [0.717, 1.165) is 84.5 Å². The SMILES string of the molecule is CCc1nc2c3c(-c4ccc(-c5ccc(-c6cn7ccccc7n6)cc5)cc4)nc4ccccc4c3ccc2n1-c1ccccc1. The third kappa shape index (κ3) is 4.20. The first kappa shape index (κ1) is 26.3. The van der Waals surface area contributed by atoms with Crippen molar-refractivity contribution in [3.63, 3.8) is 0 Å². The van der Waals surface area contributed by atoms with Crippen LogP contribution < -0.4 is 0 Å². The standard InChI is InChI=1S/C41H29N5/c1-2-37-44-41-36(46(37)31-10-4-3-5-11-31)24-23-33-32-12-6-7-13-34(32)43-40(39(33)41)30-21-17-28(18-22-30)27-15-19-29(20-16-27)35-26-45-25-9-8-14-38(45)42-35/h3-26H,2H2,1H3. The molecule has 0 unspecified atom stereocenters. The molecule has 4 heterocycles. The number of fused-ring (bicyclic) bond motifs is 6. The van der Waals surface area contributed by atoms with Crippen molar-refractivity contribution in [3.8, 4) is 39.3 Å². The average Bonchev–Trinajstić information content (AvgIpc) is 3.74. The van der Waals surface area contributed by atoms with E-state index in [2.05, 4.69) is 137 Å². The Bertz CT molecular complexity index is 2510. The van der Waals surface area contributed by atoms with Crippen LogP contribution >= 0.6 is 0 Å². The molecule has 5 aromatic carbocycles. The van der Waals surface area contributed by atoms with Gasteiger partial charge in [-0.1, -0.05) is 104 Å². The summed E-state index contributed by atoms with van der Waals surface area (Å²) in [6.45, 7) is 2.17. The van der Waals surface area contributed by atoms with Crippen molar-refractivity contribution < 1.29 is 0 Å². The van der Waals surface area contributed by atoms with E-state index >= 15 is 0 Å². The summed E-state index contributed by atoms with van der Waals surface area (Å²) < 4.78 is 4.34. The molecule has 5 heteroatoms. The van der Waals surface area contributed by atoms with Crippen LogP contribution in [-0.4, -0.2) is 23.9 Å². The lowest BCUT2D eigenvalue weighted by Gasteiger charge is -2.12. The minimum absolute atomic E-state index is 0.825. The Morgan fingerprint density at radius 1 is 0.565 bits per heavy atom. The van der Waals surface area contributed by atoms with Crippen LogP contribution in [0.15, 0.2) is 146 Å². The number of hydrogen-bond acceptors (Lipinski definition) is 3. The fourth-order valence-corrected chi connectivity index (χ4v) is 6.67. The van der Waals surface area contributed by atoms with E-state index < -0.39 is 0 Å². The lowest BCUT2D eigenvalue weighted by Crippen LogP contribution is -1.99. The van der Waals surface area contributed by atoms with Gasteiger partial charge < -0.3 is 4.40 Å². The molecule has 0 amide bonds. The van der Waals surface area contributed by atoms with Crippen LogP contribution in [0, 0.1) is 0 Å². The predicted octanol–water partition coefficient (Wildman–Crippen LogP) is 9.94. The number of nitrogens with zero attached hydrogens (tertiary/aromatic N) is 5. The van der Waals surface area contributed by atoms with Crippen LogP contribution in [0.1, 0.15) is 12.7 Å². The summed E-state index contributed by atoms with van der Waals surface area (Å²) in [7, 11) is 0. The first-order valence-electron chi connectivity index (χ1n) is 15.7. The summed E-state index contributed by atoms with van der Waals surface area (Å²) in [5, 5.41) is 3.39. The summed E-state index contributed by atoms with van der Waals surface area (Å²) in [6.07, 6.45) is 4.92. The predicted molar refractivity (Wildman–Crippen MR) is 188 cm³/mol. The molecule has 0 N–H and O–H groups in total. The molecule has 0 bridgehead atoms. The molecular formula is C41H29N5. The van der Waals surface area contributed by atoms with Gasteiger partial charge in [-0.25, -0.2) is 15.0 Å². The van der Waals surface area contributed by atoms with Crippen molar-refractivity contribution in [1.29, 1.82) is 0 Å². The summed E-state index contributed by atoms with van der Waals surface area (Å²) in [6, 6.07) is 46.8. The zero-order valence-corrected chi connectivity index (χ0v) is 25.3. The van der Waals surface area contributed by atoms with Crippen LogP contribution in [0.5, 0.6) is 0 Å². The van der Waals surface area contributed by atoms with Crippen molar-refractivity contribution in [1.82, 2.24) is 23.9 Å². The normalized spacial score (nSPS) is 11.7. The molecule has 9 rings (SSSR count). The minimum Gasteiger partial charge on any atom is -0.306 e. The van der Waals surface area contributed by atoms with Gasteiger partial charge in [0, 0.05) is 46.4 Å². The highest BCUT2D eigenvalue weighted by molar-refractivity contribution is 6.19. The van der Waals surface area contributed by atoms with Crippen molar-refractivity contribution in [3.05, 3.63) is 152 Å². The molecule has 0 atom stereocenters. The van der Waals surface area contributed by atoms with Gasteiger partial charge in [-0.05, 0) is 52.9 Å². The van der Waals surface area contributed by atoms with Gasteiger partial charge in [0.25, 0.3) is 0 Å². The van der Waals surface area contributed by atoms with Crippen LogP contribution in [0.2, 0.25) is 0 Å². The van der Waals surface area contributed by atoms with Crippen molar-refractivity contribution in [2.75, 3.05) is 0 Å². The van der Waals surface area contributed by atoms with E-state index in [9.17, 15) is 0 Å². The van der Waals surface area contributed by atoms with Crippen molar-refractivity contribution in [2.45, 2.75) is 13.3 Å². The molecule has 0 radical (unpaired) electrons. The smallest absolute Gasteiger partial charge is 0.137 e. The first-order valence-corrected chi connectivity index (χ1v) is 15.7. The van der Waals surface area contributed by atoms with E-state index in [4.69, 9.17) is 15.0 Å². The Kier molecular flexibility index (Phi) is 6.03. The molecular weight excluding hydrogens is 562 g/mol. The van der Waals surface area contributed by atoms with E-state index in [1.807, 2.05) is 24.4 Å². The third-order valence-corrected chi connectivity index (χ3v) is 8.93. The van der Waals surface area contributed by atoms with E-state index in [0.29, 0.717) is 0 Å². The molecule has 218 valence electrons. The summed E-state index contributed by atoms with van der Waals surface area (Å²) in [5.74, 6) is 1.04. The summed E-state index contributed by atoms with van der Waals surface area (Å²) in [4.78, 5) is 15.3. The zero-order chi connectivity index (χ0) is 30.6. The van der Waals surface area contributed by atoms with Gasteiger partial charge >= 0.3 is 0 Å². The van der Waals surface area contributed by atoms with Gasteiger partial charge in [0.15, 0.2) is 0 Å². The van der Waals surface area contributed by atoms with Crippen LogP contribution in [-0.2, 0) is 6.42 Å². The van der Waals surface area contributed by atoms with Crippen molar-refractivity contribution >= 4 is 38.4 Å². The third-order valence-electron chi connectivity index (χ3n) is 8.93. The number of aryl methyl sites for hydroxylation is 1. The maximum atomic E-state index is 5.27. The van der Waals surface area contributed by atoms with Crippen LogP contribution in [0.3, 0.4) is 0 Å². The maximum Gasteiger partial charge on any atom is 0.137 e. The summed E-state index contributed by atoms with van der Waals surface area (Å²) >= 11 is 0. The molecule has 0 aliphatic rings. The molecule has 0 aliphatic carbocycles. The lowest BCUT2D eigenvalue weighted by atomic mass is 9.96. The number of hydrogen-bond donors (Lipinski definition) is 0. The number of pyridine rings is 2. The van der Waals surface area contributed by atoms with Crippen molar-refractivity contribution in [2.24, 2.45) is 0 Å². The fraction of sp³-hybridized carbons (Fsp3) is 0.0488. The quantitative estimate of drug-likeness (QED) is 0.187. The molecule has 4 aromatic heterocycles. The van der Waals surface area contributed by atoms with Gasteiger partial charge in [0.1, 0.15) is 11.5 Å². The monoisotopic (exact) mass is 591 g/mol. The average molecular weight is 592 g/mol. The Hall–Kier alpha value is -6.07. The Morgan fingerprint density at radius 2 is 1.26 bits per heavy atom. The number of imidazole rings is 2. The van der Waals surface area contributed by atoms with E-state index in [1.165, 1.54) is 5.39 Å². The second kappa shape index (κ2) is 10.5. The highest BCUT2D eigenvalue weighted by Gasteiger charge is 2.19. The molecule has 0 spiro atoms. The number of aromatic nitrogens is 5. The molecule has 0 aliphatic heterocycles. The Morgan fingerprint density at radius 3 is 2.02 bits per heavy atom. The van der Waals surface area contributed by atoms with Gasteiger partial charge in [-0.15, -0.1) is 0 Å². The Labute approximate surface area is 266 Å². The van der Waals surface area contributed by atoms with Gasteiger partial charge in [-0.3, -0.25) is 4.57 Å². The molecule has 5 nitrogen and oxygen atoms in total. The van der Waals surface area contributed by atoms with E-state index in [-0.39, 0.29) is 0 Å². The van der Waals surface area contributed by atoms with Gasteiger partial charge in [-0.2, -0.15) is 0 Å². The van der Waals surface area contributed by atoms with Gasteiger partial charge in [0.05, 0.1) is 27.9 Å². The Balaban J connectivity index is 1.17. The molecule has 9 aromatic rings. The fourth-order valence-electron chi connectivity index (χ4n) is 6.67. The molecule has 0 saturated heterocycles. The molecule has 46 heavy (non-hydrogen) atoms. The molecule has 0 fully saturated rings. The van der Waals surface area contributed by atoms with Gasteiger partial charge in [0.2, 0.25) is 0 Å². The number of benzene rings is 5. The van der Waals surface area contributed by atoms with Crippen LogP contribution in [0.25, 0.3) is 77.7 Å². The topological polar surface area (TPSA) is 48.0 Å². The summed E-state index contributed by atoms with van der Waals surface area (Å²) in [5.41, 5.74) is 11.5. The second-order valence-corrected chi connectivity index (χ2v) is 11.6. The minimum atomic E-state index is 0.825. The maximum absolute atomic E-state index is 5.27. The highest BCUT2D eigenvalue weighted by atomic mass is 15.1. The first-order chi connectivity index (χ1) is 22.7. The molecule has 0 saturated carbocycles. The van der Waals surface area contributed by atoms with Crippen LogP contribution in [0.4, 0.5) is 0 Å². The largest absolute Gasteiger partial charge is 0.306 e. The highest BCUT2D eigenvalue weighted by Crippen LogP contribution is 2.38. The van der Waals surface area contributed by atoms with E-state index in [1.54, 1.807) is 0 Å². The number of rotatable bonds is 5. The zero-order valence-electron chi connectivity index (χ0n) is 25.3. The second-order valence-electron chi connectivity index (χ2n) is 11.6. The lowest BCUT2D eigenvalue weighted by molar-refractivity contribution is 0.908.